The molecule has 1 fully saturated rings. The molecule has 1 aromatic rings. The fraction of sp³-hybridized carbons (Fsp3) is 0.667. The van der Waals surface area contributed by atoms with E-state index in [1.54, 1.807) is 7.11 Å². The van der Waals surface area contributed by atoms with Crippen LogP contribution in [0.1, 0.15) is 5.56 Å². The number of nitrogens with zero attached hydrogens (tertiary/aromatic N) is 3. The van der Waals surface area contributed by atoms with Crippen molar-refractivity contribution in [3.63, 3.8) is 0 Å². The van der Waals surface area contributed by atoms with E-state index in [9.17, 15) is 0 Å². The van der Waals surface area contributed by atoms with Crippen molar-refractivity contribution < 1.29 is 4.74 Å². The van der Waals surface area contributed by atoms with E-state index in [0.29, 0.717) is 5.88 Å². The van der Waals surface area contributed by atoms with Crippen molar-refractivity contribution in [2.24, 2.45) is 0 Å². The molecule has 0 spiro atoms. The van der Waals surface area contributed by atoms with E-state index < -0.39 is 0 Å². The zero-order valence-corrected chi connectivity index (χ0v) is 11.8. The molecular weight excluding hydrogens is 248 g/mol. The van der Waals surface area contributed by atoms with Gasteiger partial charge in [0, 0.05) is 37.7 Å². The van der Waals surface area contributed by atoms with Gasteiger partial charge < -0.3 is 10.1 Å². The van der Waals surface area contributed by atoms with Crippen molar-refractivity contribution in [1.82, 2.24) is 14.9 Å². The minimum atomic E-state index is 0.641. The van der Waals surface area contributed by atoms with Crippen molar-refractivity contribution in [3.8, 4) is 5.88 Å². The first-order valence-electron chi connectivity index (χ1n) is 6.21. The standard InChI is InChI=1S/C12H20N4OS/c1-10-11(14-9-15-12(10)17-2)13-3-4-16-5-7-18-8-6-16/h9H,3-8H2,1-2H3,(H,13,14,15). The number of ether oxygens (including phenoxy) is 1. The van der Waals surface area contributed by atoms with E-state index in [-0.39, 0.29) is 0 Å². The third-order valence-electron chi connectivity index (χ3n) is 3.06. The molecule has 6 heteroatoms. The van der Waals surface area contributed by atoms with Gasteiger partial charge in [0.2, 0.25) is 5.88 Å². The van der Waals surface area contributed by atoms with Gasteiger partial charge in [0.1, 0.15) is 12.1 Å². The Hall–Kier alpha value is -1.01. The summed E-state index contributed by atoms with van der Waals surface area (Å²) in [6.07, 6.45) is 1.53. The number of thioether (sulfide) groups is 1. The highest BCUT2D eigenvalue weighted by Crippen LogP contribution is 2.19. The van der Waals surface area contributed by atoms with Crippen LogP contribution in [0, 0.1) is 6.92 Å². The second-order valence-corrected chi connectivity index (χ2v) is 5.46. The highest BCUT2D eigenvalue weighted by molar-refractivity contribution is 7.99. The minimum absolute atomic E-state index is 0.641. The predicted octanol–water partition coefficient (Wildman–Crippen LogP) is 1.25. The third kappa shape index (κ3) is 3.49. The minimum Gasteiger partial charge on any atom is -0.481 e. The van der Waals surface area contributed by atoms with Crippen LogP contribution in [-0.2, 0) is 0 Å². The molecule has 2 heterocycles. The van der Waals surface area contributed by atoms with Crippen LogP contribution in [-0.4, -0.2) is 59.7 Å². The highest BCUT2D eigenvalue weighted by atomic mass is 32.2. The molecular formula is C12H20N4OS. The first-order valence-corrected chi connectivity index (χ1v) is 7.36. The van der Waals surface area contributed by atoms with E-state index in [1.807, 2.05) is 18.7 Å². The fourth-order valence-electron chi connectivity index (χ4n) is 1.98. The van der Waals surface area contributed by atoms with Crippen molar-refractivity contribution in [2.75, 3.05) is 50.1 Å². The van der Waals surface area contributed by atoms with Crippen molar-refractivity contribution >= 4 is 17.6 Å². The lowest BCUT2D eigenvalue weighted by atomic mass is 10.3. The molecule has 1 saturated heterocycles. The Kier molecular flexibility index (Phi) is 5.07. The highest BCUT2D eigenvalue weighted by Gasteiger charge is 2.10. The Bertz CT molecular complexity index is 382. The molecule has 18 heavy (non-hydrogen) atoms. The molecule has 0 unspecified atom stereocenters. The first kappa shape index (κ1) is 13.4. The maximum atomic E-state index is 5.18. The Balaban J connectivity index is 1.82. The van der Waals surface area contributed by atoms with Gasteiger partial charge in [-0.1, -0.05) is 0 Å². The number of aromatic nitrogens is 2. The van der Waals surface area contributed by atoms with Crippen molar-refractivity contribution in [3.05, 3.63) is 11.9 Å². The van der Waals surface area contributed by atoms with Gasteiger partial charge in [0.15, 0.2) is 0 Å². The van der Waals surface area contributed by atoms with Crippen LogP contribution >= 0.6 is 11.8 Å². The first-order chi connectivity index (χ1) is 8.81. The second kappa shape index (κ2) is 6.80. The Labute approximate surface area is 112 Å². The molecule has 0 aromatic carbocycles. The predicted molar refractivity (Wildman–Crippen MR) is 75.6 cm³/mol. The van der Waals surface area contributed by atoms with Gasteiger partial charge in [-0.05, 0) is 6.92 Å². The van der Waals surface area contributed by atoms with Crippen LogP contribution in [0.3, 0.4) is 0 Å². The van der Waals surface area contributed by atoms with Crippen LogP contribution in [0.5, 0.6) is 5.88 Å². The Morgan fingerprint density at radius 2 is 2.17 bits per heavy atom. The Morgan fingerprint density at radius 3 is 2.89 bits per heavy atom. The van der Waals surface area contributed by atoms with Gasteiger partial charge in [-0.3, -0.25) is 4.90 Å². The van der Waals surface area contributed by atoms with E-state index in [4.69, 9.17) is 4.74 Å². The summed E-state index contributed by atoms with van der Waals surface area (Å²) < 4.78 is 5.18. The molecule has 0 atom stereocenters. The molecule has 1 aliphatic heterocycles. The van der Waals surface area contributed by atoms with Crippen LogP contribution in [0.4, 0.5) is 5.82 Å². The molecule has 2 rings (SSSR count). The van der Waals surface area contributed by atoms with Gasteiger partial charge in [-0.15, -0.1) is 0 Å². The summed E-state index contributed by atoms with van der Waals surface area (Å²) in [5.74, 6) is 4.01. The number of anilines is 1. The molecule has 100 valence electrons. The van der Waals surface area contributed by atoms with Gasteiger partial charge in [-0.25, -0.2) is 9.97 Å². The summed E-state index contributed by atoms with van der Waals surface area (Å²) >= 11 is 2.04. The number of hydrogen-bond acceptors (Lipinski definition) is 6. The maximum absolute atomic E-state index is 5.18. The summed E-state index contributed by atoms with van der Waals surface area (Å²) in [6, 6.07) is 0. The lowest BCUT2D eigenvalue weighted by Gasteiger charge is -2.26. The molecule has 0 bridgehead atoms. The molecule has 1 aliphatic rings. The number of methoxy groups -OCH3 is 1. The Morgan fingerprint density at radius 1 is 1.39 bits per heavy atom. The SMILES string of the molecule is COc1ncnc(NCCN2CCSCC2)c1C. The van der Waals surface area contributed by atoms with E-state index >= 15 is 0 Å². The summed E-state index contributed by atoms with van der Waals surface area (Å²) in [4.78, 5) is 10.8. The van der Waals surface area contributed by atoms with E-state index in [2.05, 4.69) is 20.2 Å². The van der Waals surface area contributed by atoms with Crippen LogP contribution < -0.4 is 10.1 Å². The molecule has 0 amide bonds. The normalized spacial score (nSPS) is 16.6. The van der Waals surface area contributed by atoms with Crippen LogP contribution in [0.25, 0.3) is 0 Å². The quantitative estimate of drug-likeness (QED) is 0.867. The van der Waals surface area contributed by atoms with Gasteiger partial charge >= 0.3 is 0 Å². The largest absolute Gasteiger partial charge is 0.481 e. The average molecular weight is 268 g/mol. The number of rotatable bonds is 5. The van der Waals surface area contributed by atoms with Crippen LogP contribution in [0.2, 0.25) is 0 Å². The van der Waals surface area contributed by atoms with E-state index in [0.717, 1.165) is 24.5 Å². The lowest BCUT2D eigenvalue weighted by molar-refractivity contribution is 0.314. The average Bonchev–Trinajstić information content (AvgIpc) is 2.42. The summed E-state index contributed by atoms with van der Waals surface area (Å²) in [5.41, 5.74) is 0.967. The molecule has 0 aliphatic carbocycles. The topological polar surface area (TPSA) is 50.3 Å². The lowest BCUT2D eigenvalue weighted by Crippen LogP contribution is -2.36. The monoisotopic (exact) mass is 268 g/mol. The van der Waals surface area contributed by atoms with Crippen LogP contribution in [0.15, 0.2) is 6.33 Å². The molecule has 1 N–H and O–H groups in total. The number of hydrogen-bond donors (Lipinski definition) is 1. The van der Waals surface area contributed by atoms with Gasteiger partial charge in [0.05, 0.1) is 12.7 Å². The smallest absolute Gasteiger partial charge is 0.221 e. The van der Waals surface area contributed by atoms with Gasteiger partial charge in [-0.2, -0.15) is 11.8 Å². The van der Waals surface area contributed by atoms with Crippen molar-refractivity contribution in [1.29, 1.82) is 0 Å². The fourth-order valence-corrected chi connectivity index (χ4v) is 2.95. The molecule has 0 radical (unpaired) electrons. The third-order valence-corrected chi connectivity index (χ3v) is 4.00. The summed E-state index contributed by atoms with van der Waals surface area (Å²) in [5, 5.41) is 3.36. The van der Waals surface area contributed by atoms with Gasteiger partial charge in [0.25, 0.3) is 0 Å². The maximum Gasteiger partial charge on any atom is 0.221 e. The zero-order chi connectivity index (χ0) is 12.8. The van der Waals surface area contributed by atoms with E-state index in [1.165, 1.54) is 30.9 Å². The van der Waals surface area contributed by atoms with Crippen molar-refractivity contribution in [2.45, 2.75) is 6.92 Å². The molecule has 1 aromatic heterocycles. The molecule has 5 nitrogen and oxygen atoms in total. The second-order valence-electron chi connectivity index (χ2n) is 4.24. The molecule has 0 saturated carbocycles. The zero-order valence-electron chi connectivity index (χ0n) is 11.0. The summed E-state index contributed by atoms with van der Waals surface area (Å²) in [7, 11) is 1.63. The number of nitrogens with one attached hydrogen (secondary N) is 1. The summed E-state index contributed by atoms with van der Waals surface area (Å²) in [6.45, 7) is 6.33.